The quantitative estimate of drug-likeness (QED) is 0.378. The van der Waals surface area contributed by atoms with Crippen molar-refractivity contribution < 1.29 is 9.13 Å². The first kappa shape index (κ1) is 22.6. The molecule has 1 aromatic rings. The predicted molar refractivity (Wildman–Crippen MR) is 126 cm³/mol. The highest BCUT2D eigenvalue weighted by molar-refractivity contribution is 14.0. The first-order valence-corrected chi connectivity index (χ1v) is 10.5. The summed E-state index contributed by atoms with van der Waals surface area (Å²) in [6.45, 7) is 8.17. The monoisotopic (exact) mass is 517 g/mol. The average Bonchev–Trinajstić information content (AvgIpc) is 3.29. The van der Waals surface area contributed by atoms with Crippen molar-refractivity contribution in [2.24, 2.45) is 10.7 Å². The van der Waals surface area contributed by atoms with E-state index in [-0.39, 0.29) is 35.3 Å². The van der Waals surface area contributed by atoms with Crippen LogP contribution in [0.2, 0.25) is 0 Å². The number of hydrogen-bond acceptors (Lipinski definition) is 4. The Morgan fingerprint density at radius 2 is 1.62 bits per heavy atom. The molecule has 3 aliphatic heterocycles. The molecule has 0 radical (unpaired) electrons. The molecule has 162 valence electrons. The summed E-state index contributed by atoms with van der Waals surface area (Å²) in [4.78, 5) is 11.9. The van der Waals surface area contributed by atoms with Gasteiger partial charge >= 0.3 is 0 Å². The topological polar surface area (TPSA) is 57.3 Å². The van der Waals surface area contributed by atoms with Crippen LogP contribution in [0.1, 0.15) is 25.7 Å². The molecule has 1 aromatic carbocycles. The van der Waals surface area contributed by atoms with E-state index in [4.69, 9.17) is 15.5 Å². The second-order valence-corrected chi connectivity index (χ2v) is 8.16. The summed E-state index contributed by atoms with van der Waals surface area (Å²) in [5.74, 6) is 0.461. The van der Waals surface area contributed by atoms with Crippen LogP contribution in [0.15, 0.2) is 29.3 Å². The second kappa shape index (κ2) is 10.3. The molecular formula is C21H33FIN5O. The molecule has 0 atom stereocenters. The van der Waals surface area contributed by atoms with Gasteiger partial charge in [-0.2, -0.15) is 0 Å². The minimum Gasteiger partial charge on any atom is -0.381 e. The summed E-state index contributed by atoms with van der Waals surface area (Å²) < 4.78 is 18.8. The molecule has 0 aliphatic carbocycles. The van der Waals surface area contributed by atoms with Crippen molar-refractivity contribution >= 4 is 35.6 Å². The Balaban J connectivity index is 0.00000240. The second-order valence-electron chi connectivity index (χ2n) is 8.16. The number of guanidine groups is 1. The van der Waals surface area contributed by atoms with Gasteiger partial charge in [-0.25, -0.2) is 4.39 Å². The number of hydrogen-bond donors (Lipinski definition) is 1. The molecule has 2 N–H and O–H groups in total. The molecule has 0 saturated carbocycles. The van der Waals surface area contributed by atoms with Crippen molar-refractivity contribution in [2.75, 3.05) is 63.9 Å². The summed E-state index contributed by atoms with van der Waals surface area (Å²) in [6.07, 6.45) is 4.66. The summed E-state index contributed by atoms with van der Waals surface area (Å²) >= 11 is 0. The van der Waals surface area contributed by atoms with Crippen LogP contribution in [0, 0.1) is 5.82 Å². The SMILES string of the molecule is I.NC(=NCC1(N2CCCC2)CCOCC1)N1CCN(c2ccc(F)cc2)CC1. The molecule has 0 bridgehead atoms. The number of rotatable bonds is 4. The van der Waals surface area contributed by atoms with Gasteiger partial charge in [0, 0.05) is 50.6 Å². The predicted octanol–water partition coefficient (Wildman–Crippen LogP) is 2.53. The van der Waals surface area contributed by atoms with Crippen LogP contribution < -0.4 is 10.6 Å². The molecule has 0 unspecified atom stereocenters. The molecule has 4 rings (SSSR count). The highest BCUT2D eigenvalue weighted by atomic mass is 127. The number of benzene rings is 1. The van der Waals surface area contributed by atoms with Gasteiger partial charge in [-0.3, -0.25) is 9.89 Å². The summed E-state index contributed by atoms with van der Waals surface area (Å²) in [5, 5.41) is 0. The van der Waals surface area contributed by atoms with Gasteiger partial charge < -0.3 is 20.3 Å². The van der Waals surface area contributed by atoms with Crippen LogP contribution >= 0.6 is 24.0 Å². The third kappa shape index (κ3) is 5.32. The van der Waals surface area contributed by atoms with E-state index in [1.165, 1.54) is 38.1 Å². The van der Waals surface area contributed by atoms with Crippen molar-refractivity contribution in [3.8, 4) is 0 Å². The van der Waals surface area contributed by atoms with Gasteiger partial charge in [-0.15, -0.1) is 24.0 Å². The lowest BCUT2D eigenvalue weighted by molar-refractivity contribution is -0.0139. The third-order valence-electron chi connectivity index (χ3n) is 6.53. The lowest BCUT2D eigenvalue weighted by atomic mass is 9.88. The Hall–Kier alpha value is -1.13. The minimum atomic E-state index is -0.196. The van der Waals surface area contributed by atoms with E-state index in [0.29, 0.717) is 5.96 Å². The van der Waals surface area contributed by atoms with Crippen LogP contribution in [0.3, 0.4) is 0 Å². The van der Waals surface area contributed by atoms with Crippen LogP contribution in [-0.4, -0.2) is 80.3 Å². The fourth-order valence-electron chi connectivity index (χ4n) is 4.69. The number of aliphatic imine (C=N–C) groups is 1. The van der Waals surface area contributed by atoms with Gasteiger partial charge in [0.2, 0.25) is 0 Å². The van der Waals surface area contributed by atoms with Gasteiger partial charge in [0.1, 0.15) is 5.82 Å². The fourth-order valence-corrected chi connectivity index (χ4v) is 4.69. The van der Waals surface area contributed by atoms with Crippen molar-refractivity contribution in [3.05, 3.63) is 30.1 Å². The summed E-state index contributed by atoms with van der Waals surface area (Å²) in [5.41, 5.74) is 7.57. The van der Waals surface area contributed by atoms with E-state index in [1.807, 2.05) is 12.1 Å². The van der Waals surface area contributed by atoms with E-state index in [1.54, 1.807) is 0 Å². The van der Waals surface area contributed by atoms with Crippen molar-refractivity contribution in [2.45, 2.75) is 31.2 Å². The van der Waals surface area contributed by atoms with E-state index in [2.05, 4.69) is 14.7 Å². The highest BCUT2D eigenvalue weighted by Gasteiger charge is 2.39. The van der Waals surface area contributed by atoms with Crippen LogP contribution in [0.25, 0.3) is 0 Å². The standard InChI is InChI=1S/C21H32FN5O.HI/c22-18-3-5-19(6-4-18)25-11-13-26(14-12-25)20(23)24-17-21(7-15-28-16-8-21)27-9-1-2-10-27;/h3-6H,1-2,7-17H2,(H2,23,24);1H. The largest absolute Gasteiger partial charge is 0.381 e. The van der Waals surface area contributed by atoms with Gasteiger partial charge in [0.15, 0.2) is 5.96 Å². The summed E-state index contributed by atoms with van der Waals surface area (Å²) in [6, 6.07) is 6.72. The zero-order valence-electron chi connectivity index (χ0n) is 17.1. The molecule has 29 heavy (non-hydrogen) atoms. The maximum Gasteiger partial charge on any atom is 0.191 e. The zero-order valence-corrected chi connectivity index (χ0v) is 19.4. The smallest absolute Gasteiger partial charge is 0.191 e. The van der Waals surface area contributed by atoms with Crippen LogP contribution in [-0.2, 0) is 4.74 Å². The van der Waals surface area contributed by atoms with Gasteiger partial charge in [-0.05, 0) is 63.0 Å². The van der Waals surface area contributed by atoms with E-state index < -0.39 is 0 Å². The Morgan fingerprint density at radius 1 is 1.00 bits per heavy atom. The number of piperazine rings is 1. The number of likely N-dealkylation sites (tertiary alicyclic amines) is 1. The molecule has 3 fully saturated rings. The number of halogens is 2. The van der Waals surface area contributed by atoms with E-state index in [9.17, 15) is 4.39 Å². The maximum absolute atomic E-state index is 13.1. The number of anilines is 1. The van der Waals surface area contributed by atoms with Crippen LogP contribution in [0.4, 0.5) is 10.1 Å². The molecule has 3 aliphatic rings. The minimum absolute atomic E-state index is 0. The Morgan fingerprint density at radius 3 is 2.24 bits per heavy atom. The molecule has 0 spiro atoms. The van der Waals surface area contributed by atoms with Crippen molar-refractivity contribution in [3.63, 3.8) is 0 Å². The van der Waals surface area contributed by atoms with Crippen LogP contribution in [0.5, 0.6) is 0 Å². The van der Waals surface area contributed by atoms with E-state index >= 15 is 0 Å². The third-order valence-corrected chi connectivity index (χ3v) is 6.53. The molecule has 3 heterocycles. The number of nitrogens with two attached hydrogens (primary N) is 1. The molecular weight excluding hydrogens is 484 g/mol. The molecule has 0 amide bonds. The maximum atomic E-state index is 13.1. The number of ether oxygens (including phenoxy) is 1. The van der Waals surface area contributed by atoms with Crippen molar-refractivity contribution in [1.29, 1.82) is 0 Å². The lowest BCUT2D eigenvalue weighted by Gasteiger charge is -2.44. The lowest BCUT2D eigenvalue weighted by Crippen LogP contribution is -2.55. The summed E-state index contributed by atoms with van der Waals surface area (Å²) in [7, 11) is 0. The Kier molecular flexibility index (Phi) is 7.98. The molecule has 8 heteroatoms. The van der Waals surface area contributed by atoms with E-state index in [0.717, 1.165) is 64.5 Å². The number of nitrogens with zero attached hydrogens (tertiary/aromatic N) is 4. The normalized spacial score (nSPS) is 23.1. The first-order valence-electron chi connectivity index (χ1n) is 10.5. The highest BCUT2D eigenvalue weighted by Crippen LogP contribution is 2.31. The zero-order chi connectivity index (χ0) is 19.4. The Bertz CT molecular complexity index is 666. The molecule has 3 saturated heterocycles. The fraction of sp³-hybridized carbons (Fsp3) is 0.667. The average molecular weight is 517 g/mol. The Labute approximate surface area is 190 Å². The van der Waals surface area contributed by atoms with Gasteiger partial charge in [0.25, 0.3) is 0 Å². The van der Waals surface area contributed by atoms with Gasteiger partial charge in [-0.1, -0.05) is 0 Å². The van der Waals surface area contributed by atoms with Crippen molar-refractivity contribution in [1.82, 2.24) is 9.80 Å². The molecule has 0 aromatic heterocycles. The van der Waals surface area contributed by atoms with Gasteiger partial charge in [0.05, 0.1) is 6.54 Å². The first-order chi connectivity index (χ1) is 13.7. The molecule has 6 nitrogen and oxygen atoms in total.